The van der Waals surface area contributed by atoms with Gasteiger partial charge in [-0.3, -0.25) is 4.79 Å². The standard InChI is InChI=1S/C20H22O5/c1-3-5-14(21)19-16(23)9-8-12(20(19)24)13-10-11(2)25-17-7-4-6-15(22)18(13)17/h4,6-9,11,13,22-24H,3,5,10H2,1-2H3/t11-,13+/m1/s1. The number of hydrogen-bond donors (Lipinski definition) is 3. The first-order valence-corrected chi connectivity index (χ1v) is 8.50. The molecule has 1 heterocycles. The molecule has 132 valence electrons. The van der Waals surface area contributed by atoms with Crippen LogP contribution in [0.25, 0.3) is 0 Å². The molecule has 0 amide bonds. The molecular formula is C20H22O5. The molecule has 0 saturated carbocycles. The Balaban J connectivity index is 2.15. The Morgan fingerprint density at radius 1 is 1.16 bits per heavy atom. The van der Waals surface area contributed by atoms with Crippen molar-refractivity contribution in [3.63, 3.8) is 0 Å². The largest absolute Gasteiger partial charge is 0.508 e. The van der Waals surface area contributed by atoms with E-state index in [0.717, 1.165) is 0 Å². The summed E-state index contributed by atoms with van der Waals surface area (Å²) in [4.78, 5) is 12.3. The number of phenolic OH excluding ortho intramolecular Hbond substituents is 3. The fraction of sp³-hybridized carbons (Fsp3) is 0.350. The average molecular weight is 342 g/mol. The van der Waals surface area contributed by atoms with Crippen LogP contribution in [0.3, 0.4) is 0 Å². The first kappa shape index (κ1) is 17.1. The van der Waals surface area contributed by atoms with Crippen LogP contribution >= 0.6 is 0 Å². The van der Waals surface area contributed by atoms with Crippen LogP contribution < -0.4 is 4.74 Å². The van der Waals surface area contributed by atoms with Crippen LogP contribution in [0.5, 0.6) is 23.0 Å². The number of carbonyl (C=O) groups is 1. The zero-order valence-corrected chi connectivity index (χ0v) is 14.3. The van der Waals surface area contributed by atoms with E-state index >= 15 is 0 Å². The summed E-state index contributed by atoms with van der Waals surface area (Å²) in [6, 6.07) is 8.09. The number of aromatic hydroxyl groups is 3. The molecule has 1 aliphatic rings. The number of benzene rings is 2. The predicted molar refractivity (Wildman–Crippen MR) is 93.7 cm³/mol. The molecule has 0 saturated heterocycles. The monoisotopic (exact) mass is 342 g/mol. The molecule has 2 aromatic carbocycles. The molecule has 0 aromatic heterocycles. The van der Waals surface area contributed by atoms with Crippen molar-refractivity contribution in [2.45, 2.75) is 45.1 Å². The van der Waals surface area contributed by atoms with Gasteiger partial charge in [0.25, 0.3) is 0 Å². The molecule has 2 aromatic rings. The highest BCUT2D eigenvalue weighted by Crippen LogP contribution is 2.48. The fourth-order valence-corrected chi connectivity index (χ4v) is 3.49. The van der Waals surface area contributed by atoms with Crippen molar-refractivity contribution in [3.8, 4) is 23.0 Å². The minimum absolute atomic E-state index is 0.0459. The third kappa shape index (κ3) is 3.02. The molecule has 0 fully saturated rings. The van der Waals surface area contributed by atoms with E-state index in [1.807, 2.05) is 13.8 Å². The molecule has 3 rings (SSSR count). The Bertz CT molecular complexity index is 812. The Labute approximate surface area is 146 Å². The second-order valence-electron chi connectivity index (χ2n) is 6.48. The maximum absolute atomic E-state index is 12.3. The normalized spacial score (nSPS) is 19.1. The Kier molecular flexibility index (Phi) is 4.57. The number of rotatable bonds is 4. The van der Waals surface area contributed by atoms with Gasteiger partial charge in [-0.05, 0) is 38.0 Å². The lowest BCUT2D eigenvalue weighted by atomic mass is 9.82. The van der Waals surface area contributed by atoms with Crippen LogP contribution in [-0.2, 0) is 0 Å². The molecular weight excluding hydrogens is 320 g/mol. The van der Waals surface area contributed by atoms with Crippen molar-refractivity contribution < 1.29 is 24.9 Å². The summed E-state index contributed by atoms with van der Waals surface area (Å²) in [6.07, 6.45) is 1.31. The number of Topliss-reactive ketones (excluding diaryl/α,β-unsaturated/α-hetero) is 1. The van der Waals surface area contributed by atoms with Gasteiger partial charge in [-0.1, -0.05) is 19.1 Å². The number of phenols is 3. The molecule has 0 unspecified atom stereocenters. The zero-order valence-electron chi connectivity index (χ0n) is 14.3. The van der Waals surface area contributed by atoms with Crippen LogP contribution in [0.15, 0.2) is 30.3 Å². The quantitative estimate of drug-likeness (QED) is 0.729. The van der Waals surface area contributed by atoms with Gasteiger partial charge in [0, 0.05) is 23.5 Å². The van der Waals surface area contributed by atoms with Gasteiger partial charge in [-0.2, -0.15) is 0 Å². The summed E-state index contributed by atoms with van der Waals surface area (Å²) >= 11 is 0. The SMILES string of the molecule is CCCC(=O)c1c(O)ccc([C@@H]2C[C@@H](C)Oc3cccc(O)c32)c1O. The zero-order chi connectivity index (χ0) is 18.1. The van der Waals surface area contributed by atoms with Crippen molar-refractivity contribution in [2.75, 3.05) is 0 Å². The Morgan fingerprint density at radius 2 is 1.92 bits per heavy atom. The lowest BCUT2D eigenvalue weighted by Gasteiger charge is -2.31. The van der Waals surface area contributed by atoms with E-state index in [1.54, 1.807) is 24.3 Å². The number of carbonyl (C=O) groups excluding carboxylic acids is 1. The minimum atomic E-state index is -0.325. The van der Waals surface area contributed by atoms with Crippen LogP contribution in [-0.4, -0.2) is 27.2 Å². The van der Waals surface area contributed by atoms with Crippen LogP contribution in [0.4, 0.5) is 0 Å². The van der Waals surface area contributed by atoms with Gasteiger partial charge in [-0.15, -0.1) is 0 Å². The van der Waals surface area contributed by atoms with E-state index in [4.69, 9.17) is 4.74 Å². The van der Waals surface area contributed by atoms with Gasteiger partial charge in [0.1, 0.15) is 28.6 Å². The molecule has 1 aliphatic heterocycles. The number of fused-ring (bicyclic) bond motifs is 1. The lowest BCUT2D eigenvalue weighted by Crippen LogP contribution is -2.23. The van der Waals surface area contributed by atoms with Gasteiger partial charge in [0.05, 0.1) is 6.10 Å². The Morgan fingerprint density at radius 3 is 2.64 bits per heavy atom. The van der Waals surface area contributed by atoms with E-state index in [1.165, 1.54) is 6.07 Å². The van der Waals surface area contributed by atoms with E-state index < -0.39 is 0 Å². The molecule has 3 N–H and O–H groups in total. The second-order valence-corrected chi connectivity index (χ2v) is 6.48. The van der Waals surface area contributed by atoms with Crippen molar-refractivity contribution in [1.82, 2.24) is 0 Å². The van der Waals surface area contributed by atoms with Gasteiger partial charge in [-0.25, -0.2) is 0 Å². The molecule has 2 atom stereocenters. The second kappa shape index (κ2) is 6.67. The molecule has 0 bridgehead atoms. The van der Waals surface area contributed by atoms with Gasteiger partial charge in [0.15, 0.2) is 5.78 Å². The molecule has 0 aliphatic carbocycles. The molecule has 0 radical (unpaired) electrons. The lowest BCUT2D eigenvalue weighted by molar-refractivity contribution is 0.0976. The van der Waals surface area contributed by atoms with E-state index in [-0.39, 0.29) is 47.0 Å². The fourth-order valence-electron chi connectivity index (χ4n) is 3.49. The minimum Gasteiger partial charge on any atom is -0.508 e. The first-order chi connectivity index (χ1) is 11.9. The summed E-state index contributed by atoms with van der Waals surface area (Å²) in [6.45, 7) is 3.78. The topological polar surface area (TPSA) is 87.0 Å². The van der Waals surface area contributed by atoms with E-state index in [9.17, 15) is 20.1 Å². The summed E-state index contributed by atoms with van der Waals surface area (Å²) in [5, 5.41) is 31.1. The third-order valence-corrected chi connectivity index (χ3v) is 4.61. The third-order valence-electron chi connectivity index (χ3n) is 4.61. The summed E-state index contributed by atoms with van der Waals surface area (Å²) in [7, 11) is 0. The first-order valence-electron chi connectivity index (χ1n) is 8.50. The highest BCUT2D eigenvalue weighted by atomic mass is 16.5. The van der Waals surface area contributed by atoms with Crippen molar-refractivity contribution in [2.24, 2.45) is 0 Å². The number of ketones is 1. The van der Waals surface area contributed by atoms with E-state index in [0.29, 0.717) is 29.7 Å². The van der Waals surface area contributed by atoms with Gasteiger partial charge >= 0.3 is 0 Å². The van der Waals surface area contributed by atoms with Crippen molar-refractivity contribution >= 4 is 5.78 Å². The number of ether oxygens (including phenoxy) is 1. The van der Waals surface area contributed by atoms with Crippen LogP contribution in [0.2, 0.25) is 0 Å². The van der Waals surface area contributed by atoms with Crippen molar-refractivity contribution in [3.05, 3.63) is 47.0 Å². The van der Waals surface area contributed by atoms with Crippen LogP contribution in [0, 0.1) is 0 Å². The maximum Gasteiger partial charge on any atom is 0.170 e. The smallest absolute Gasteiger partial charge is 0.170 e. The summed E-state index contributed by atoms with van der Waals surface area (Å²) < 4.78 is 5.79. The summed E-state index contributed by atoms with van der Waals surface area (Å²) in [5.41, 5.74) is 1.06. The Hall–Kier alpha value is -2.69. The molecule has 25 heavy (non-hydrogen) atoms. The highest BCUT2D eigenvalue weighted by Gasteiger charge is 2.33. The molecule has 5 heteroatoms. The highest BCUT2D eigenvalue weighted by molar-refractivity contribution is 6.01. The average Bonchev–Trinajstić information content (AvgIpc) is 2.54. The predicted octanol–water partition coefficient (Wildman–Crippen LogP) is 4.09. The maximum atomic E-state index is 12.3. The van der Waals surface area contributed by atoms with E-state index in [2.05, 4.69) is 0 Å². The molecule has 0 spiro atoms. The molecule has 5 nitrogen and oxygen atoms in total. The van der Waals surface area contributed by atoms with Gasteiger partial charge < -0.3 is 20.1 Å². The van der Waals surface area contributed by atoms with Gasteiger partial charge in [0.2, 0.25) is 0 Å². The van der Waals surface area contributed by atoms with Crippen molar-refractivity contribution in [1.29, 1.82) is 0 Å². The summed E-state index contributed by atoms with van der Waals surface area (Å²) in [5.74, 6) is -0.407. The van der Waals surface area contributed by atoms with Crippen LogP contribution in [0.1, 0.15) is 60.5 Å². The number of hydrogen-bond acceptors (Lipinski definition) is 5.